The fourth-order valence-electron chi connectivity index (χ4n) is 3.34. The summed E-state index contributed by atoms with van der Waals surface area (Å²) in [5.41, 5.74) is 5.40. The van der Waals surface area contributed by atoms with Crippen LogP contribution in [0.25, 0.3) is 11.3 Å². The Morgan fingerprint density at radius 1 is 1.31 bits per heavy atom. The van der Waals surface area contributed by atoms with E-state index >= 15 is 0 Å². The second-order valence-corrected chi connectivity index (χ2v) is 7.39. The molecule has 0 unspecified atom stereocenters. The van der Waals surface area contributed by atoms with Crippen molar-refractivity contribution in [3.8, 4) is 11.3 Å². The highest BCUT2D eigenvalue weighted by atomic mass is 32.1. The summed E-state index contributed by atoms with van der Waals surface area (Å²) in [4.78, 5) is 19.9. The Hall–Kier alpha value is -2.68. The van der Waals surface area contributed by atoms with Gasteiger partial charge in [0.2, 0.25) is 0 Å². The number of hydrogen-bond acceptors (Lipinski definition) is 7. The molecule has 0 radical (unpaired) electrons. The third-order valence-electron chi connectivity index (χ3n) is 4.70. The highest BCUT2D eigenvalue weighted by molar-refractivity contribution is 7.17. The lowest BCUT2D eigenvalue weighted by molar-refractivity contribution is 0.0738. The van der Waals surface area contributed by atoms with E-state index in [1.165, 1.54) is 11.3 Å². The SMILES string of the molecule is CNc1nc(C)c(C(=O)N2CCc3[nH]nc(-c4c(C)noc4C)c3C2)s1. The Balaban J connectivity index is 1.66. The summed E-state index contributed by atoms with van der Waals surface area (Å²) in [5.74, 6) is 0.746. The molecule has 0 fully saturated rings. The first-order valence-corrected chi connectivity index (χ1v) is 9.25. The highest BCUT2D eigenvalue weighted by Gasteiger charge is 2.30. The number of aryl methyl sites for hydroxylation is 3. The number of anilines is 1. The molecule has 0 saturated carbocycles. The number of thiazole rings is 1. The number of amides is 1. The van der Waals surface area contributed by atoms with Gasteiger partial charge in [-0.3, -0.25) is 9.89 Å². The summed E-state index contributed by atoms with van der Waals surface area (Å²) in [7, 11) is 1.81. The predicted molar refractivity (Wildman–Crippen MR) is 98.4 cm³/mol. The molecular weight excluding hydrogens is 352 g/mol. The Labute approximate surface area is 154 Å². The van der Waals surface area contributed by atoms with Gasteiger partial charge in [-0.1, -0.05) is 16.5 Å². The van der Waals surface area contributed by atoms with Crippen LogP contribution in [0.3, 0.4) is 0 Å². The van der Waals surface area contributed by atoms with Gasteiger partial charge < -0.3 is 14.7 Å². The van der Waals surface area contributed by atoms with Crippen molar-refractivity contribution < 1.29 is 9.32 Å². The smallest absolute Gasteiger partial charge is 0.266 e. The first kappa shape index (κ1) is 16.8. The number of nitrogens with one attached hydrogen (secondary N) is 2. The van der Waals surface area contributed by atoms with Crippen LogP contribution in [0.1, 0.15) is 38.1 Å². The summed E-state index contributed by atoms with van der Waals surface area (Å²) in [6.45, 7) is 6.81. The normalized spacial score (nSPS) is 13.8. The van der Waals surface area contributed by atoms with E-state index in [1.807, 2.05) is 25.7 Å². The molecule has 2 N–H and O–H groups in total. The van der Waals surface area contributed by atoms with Gasteiger partial charge in [0.1, 0.15) is 16.3 Å². The van der Waals surface area contributed by atoms with Crippen molar-refractivity contribution in [2.45, 2.75) is 33.7 Å². The monoisotopic (exact) mass is 372 g/mol. The van der Waals surface area contributed by atoms with Gasteiger partial charge in [-0.05, 0) is 20.8 Å². The third kappa shape index (κ3) is 2.59. The molecular formula is C17H20N6O2S. The molecule has 0 aliphatic carbocycles. The van der Waals surface area contributed by atoms with Crippen LogP contribution in [0.15, 0.2) is 4.52 Å². The van der Waals surface area contributed by atoms with Crippen LogP contribution in [-0.2, 0) is 13.0 Å². The standard InChI is InChI=1S/C17H20N6O2S/c1-8-13(10(3)25-22-8)14-11-7-23(6-5-12(11)20-21-14)16(24)15-9(2)19-17(18-4)26-15/h5-7H2,1-4H3,(H,18,19)(H,20,21). The average molecular weight is 372 g/mol. The quantitative estimate of drug-likeness (QED) is 0.733. The molecule has 4 heterocycles. The van der Waals surface area contributed by atoms with Crippen molar-refractivity contribution in [1.29, 1.82) is 0 Å². The first-order valence-electron chi connectivity index (χ1n) is 8.43. The number of hydrogen-bond donors (Lipinski definition) is 2. The van der Waals surface area contributed by atoms with Crippen LogP contribution in [0.2, 0.25) is 0 Å². The van der Waals surface area contributed by atoms with Gasteiger partial charge in [0, 0.05) is 31.3 Å². The molecule has 3 aromatic rings. The zero-order valence-electron chi connectivity index (χ0n) is 15.1. The Morgan fingerprint density at radius 3 is 2.77 bits per heavy atom. The second-order valence-electron chi connectivity index (χ2n) is 6.39. The Morgan fingerprint density at radius 2 is 2.12 bits per heavy atom. The van der Waals surface area contributed by atoms with Gasteiger partial charge in [-0.25, -0.2) is 4.98 Å². The van der Waals surface area contributed by atoms with Gasteiger partial charge in [0.15, 0.2) is 5.13 Å². The number of carbonyl (C=O) groups excluding carboxylic acids is 1. The summed E-state index contributed by atoms with van der Waals surface area (Å²) in [6.07, 6.45) is 0.744. The van der Waals surface area contributed by atoms with Crippen LogP contribution in [-0.4, -0.2) is 44.7 Å². The summed E-state index contributed by atoms with van der Waals surface area (Å²) in [5, 5.41) is 15.4. The van der Waals surface area contributed by atoms with Crippen LogP contribution < -0.4 is 5.32 Å². The number of aromatic amines is 1. The molecule has 3 aromatic heterocycles. The van der Waals surface area contributed by atoms with Crippen molar-refractivity contribution in [2.75, 3.05) is 18.9 Å². The van der Waals surface area contributed by atoms with E-state index in [1.54, 1.807) is 7.05 Å². The molecule has 0 aromatic carbocycles. The maximum Gasteiger partial charge on any atom is 0.266 e. The third-order valence-corrected chi connectivity index (χ3v) is 5.86. The van der Waals surface area contributed by atoms with E-state index in [-0.39, 0.29) is 5.91 Å². The van der Waals surface area contributed by atoms with E-state index in [0.29, 0.717) is 18.0 Å². The van der Waals surface area contributed by atoms with Crippen LogP contribution in [0.5, 0.6) is 0 Å². The Kier molecular flexibility index (Phi) is 4.03. The zero-order valence-corrected chi connectivity index (χ0v) is 16.0. The number of nitrogens with zero attached hydrogens (tertiary/aromatic N) is 4. The maximum absolute atomic E-state index is 13.0. The molecule has 0 bridgehead atoms. The minimum absolute atomic E-state index is 0.0121. The van der Waals surface area contributed by atoms with Crippen molar-refractivity contribution in [3.05, 3.63) is 33.3 Å². The Bertz CT molecular complexity index is 966. The van der Waals surface area contributed by atoms with E-state index in [4.69, 9.17) is 4.52 Å². The zero-order chi connectivity index (χ0) is 18.4. The van der Waals surface area contributed by atoms with Crippen molar-refractivity contribution in [3.63, 3.8) is 0 Å². The number of aromatic nitrogens is 4. The van der Waals surface area contributed by atoms with Gasteiger partial charge >= 0.3 is 0 Å². The van der Waals surface area contributed by atoms with Gasteiger partial charge in [0.25, 0.3) is 5.91 Å². The molecule has 4 rings (SSSR count). The maximum atomic E-state index is 13.0. The number of fused-ring (bicyclic) bond motifs is 1. The van der Waals surface area contributed by atoms with E-state index in [2.05, 4.69) is 25.7 Å². The predicted octanol–water partition coefficient (Wildman–Crippen LogP) is 2.69. The lowest BCUT2D eigenvalue weighted by Gasteiger charge is -2.27. The minimum atomic E-state index is 0.0121. The summed E-state index contributed by atoms with van der Waals surface area (Å²) >= 11 is 1.39. The number of carbonyl (C=O) groups is 1. The largest absolute Gasteiger partial charge is 0.365 e. The molecule has 1 aliphatic rings. The molecule has 26 heavy (non-hydrogen) atoms. The first-order chi connectivity index (χ1) is 12.5. The lowest BCUT2D eigenvalue weighted by atomic mass is 10.00. The molecule has 136 valence electrons. The fraction of sp³-hybridized carbons (Fsp3) is 0.412. The van der Waals surface area contributed by atoms with Crippen molar-refractivity contribution in [1.82, 2.24) is 25.2 Å². The molecule has 0 spiro atoms. The molecule has 0 atom stereocenters. The molecule has 1 aliphatic heterocycles. The van der Waals surface area contributed by atoms with E-state index in [9.17, 15) is 4.79 Å². The van der Waals surface area contributed by atoms with Gasteiger partial charge in [-0.15, -0.1) is 0 Å². The summed E-state index contributed by atoms with van der Waals surface area (Å²) < 4.78 is 5.29. The van der Waals surface area contributed by atoms with Crippen molar-refractivity contribution in [2.24, 2.45) is 0 Å². The fourth-order valence-corrected chi connectivity index (χ4v) is 4.23. The van der Waals surface area contributed by atoms with Gasteiger partial charge in [-0.2, -0.15) is 5.10 Å². The van der Waals surface area contributed by atoms with Crippen molar-refractivity contribution >= 4 is 22.4 Å². The number of rotatable bonds is 3. The van der Waals surface area contributed by atoms with E-state index in [0.717, 1.165) is 51.2 Å². The highest BCUT2D eigenvalue weighted by Crippen LogP contribution is 2.33. The molecule has 0 saturated heterocycles. The van der Waals surface area contributed by atoms with Crippen LogP contribution in [0, 0.1) is 20.8 Å². The van der Waals surface area contributed by atoms with Crippen LogP contribution in [0.4, 0.5) is 5.13 Å². The lowest BCUT2D eigenvalue weighted by Crippen LogP contribution is -2.35. The second kappa shape index (κ2) is 6.24. The minimum Gasteiger partial charge on any atom is -0.365 e. The average Bonchev–Trinajstić information content (AvgIpc) is 3.31. The topological polar surface area (TPSA) is 99.9 Å². The molecule has 9 heteroatoms. The molecule has 1 amide bonds. The molecule has 8 nitrogen and oxygen atoms in total. The summed E-state index contributed by atoms with van der Waals surface area (Å²) in [6, 6.07) is 0. The number of H-pyrrole nitrogens is 1. The van der Waals surface area contributed by atoms with E-state index < -0.39 is 0 Å². The van der Waals surface area contributed by atoms with Crippen LogP contribution >= 0.6 is 11.3 Å². The van der Waals surface area contributed by atoms with Gasteiger partial charge in [0.05, 0.1) is 23.5 Å².